The molecule has 1 N–H and O–H groups in total. The number of carbonyl (C=O) groups excluding carboxylic acids is 1. The van der Waals surface area contributed by atoms with E-state index >= 15 is 0 Å². The molecule has 4 rings (SSSR count). The van der Waals surface area contributed by atoms with Gasteiger partial charge in [0.1, 0.15) is 11.3 Å². The average molecular weight is 351 g/mol. The predicted molar refractivity (Wildman–Crippen MR) is 102 cm³/mol. The van der Waals surface area contributed by atoms with Gasteiger partial charge in [0.15, 0.2) is 0 Å². The fraction of sp³-hybridized carbons (Fsp3) is 0.286. The average Bonchev–Trinajstić information content (AvgIpc) is 3.41. The molecule has 0 bridgehead atoms. The van der Waals surface area contributed by atoms with Crippen molar-refractivity contribution in [1.29, 1.82) is 0 Å². The van der Waals surface area contributed by atoms with Crippen LogP contribution in [0.3, 0.4) is 0 Å². The summed E-state index contributed by atoms with van der Waals surface area (Å²) in [4.78, 5) is 12.8. The second-order valence-electron chi connectivity index (χ2n) is 6.66. The Kier molecular flexibility index (Phi) is 4.53. The zero-order chi connectivity index (χ0) is 17.2. The lowest BCUT2D eigenvalue weighted by atomic mass is 10.0. The topological polar surface area (TPSA) is 42.2 Å². The standard InChI is InChI=1S/C21H21NO2S/c23-21(15-6-7-15)22-11-10-17-18-13-16(25)8-9-19(18)24-20(17)12-14-4-2-1-3-5-14/h1-5,8-9,13,15,25H,6-7,10-12H2,(H,22,23). The Hall–Kier alpha value is -2.20. The number of furan rings is 1. The van der Waals surface area contributed by atoms with Gasteiger partial charge in [0.25, 0.3) is 0 Å². The molecule has 0 unspecified atom stereocenters. The van der Waals surface area contributed by atoms with Gasteiger partial charge in [-0.05, 0) is 43.0 Å². The molecule has 1 heterocycles. The molecule has 0 spiro atoms. The van der Waals surface area contributed by atoms with E-state index in [1.54, 1.807) is 0 Å². The Balaban J connectivity index is 1.60. The van der Waals surface area contributed by atoms with Crippen LogP contribution in [0.15, 0.2) is 57.8 Å². The number of nitrogens with one attached hydrogen (secondary N) is 1. The maximum Gasteiger partial charge on any atom is 0.223 e. The van der Waals surface area contributed by atoms with Crippen LogP contribution >= 0.6 is 12.6 Å². The van der Waals surface area contributed by atoms with E-state index in [1.165, 1.54) is 11.1 Å². The van der Waals surface area contributed by atoms with E-state index in [-0.39, 0.29) is 11.8 Å². The van der Waals surface area contributed by atoms with Crippen LogP contribution in [0, 0.1) is 5.92 Å². The first-order valence-electron chi connectivity index (χ1n) is 8.75. The van der Waals surface area contributed by atoms with Crippen molar-refractivity contribution in [2.45, 2.75) is 30.6 Å². The number of fused-ring (bicyclic) bond motifs is 1. The highest BCUT2D eigenvalue weighted by Crippen LogP contribution is 2.31. The summed E-state index contributed by atoms with van der Waals surface area (Å²) in [6.45, 7) is 0.641. The fourth-order valence-corrected chi connectivity index (χ4v) is 3.39. The first-order chi connectivity index (χ1) is 12.2. The van der Waals surface area contributed by atoms with E-state index in [0.29, 0.717) is 6.54 Å². The Morgan fingerprint density at radius 1 is 1.16 bits per heavy atom. The summed E-state index contributed by atoms with van der Waals surface area (Å²) in [6.07, 6.45) is 3.58. The Bertz CT molecular complexity index is 897. The molecule has 1 amide bonds. The molecule has 2 aromatic carbocycles. The minimum absolute atomic E-state index is 0.187. The molecule has 1 aromatic heterocycles. The molecule has 4 heteroatoms. The van der Waals surface area contributed by atoms with E-state index in [1.807, 2.05) is 30.3 Å². The Labute approximate surface area is 152 Å². The summed E-state index contributed by atoms with van der Waals surface area (Å²) < 4.78 is 6.13. The van der Waals surface area contributed by atoms with Crippen molar-refractivity contribution >= 4 is 29.5 Å². The molecule has 1 aliphatic carbocycles. The van der Waals surface area contributed by atoms with Crippen molar-refractivity contribution in [3.05, 3.63) is 65.4 Å². The van der Waals surface area contributed by atoms with E-state index < -0.39 is 0 Å². The predicted octanol–water partition coefficient (Wildman–Crippen LogP) is 4.38. The van der Waals surface area contributed by atoms with Gasteiger partial charge >= 0.3 is 0 Å². The van der Waals surface area contributed by atoms with E-state index in [9.17, 15) is 4.79 Å². The Morgan fingerprint density at radius 2 is 1.96 bits per heavy atom. The molecule has 128 valence electrons. The zero-order valence-electron chi connectivity index (χ0n) is 14.0. The van der Waals surface area contributed by atoms with Gasteiger partial charge in [-0.2, -0.15) is 0 Å². The number of hydrogen-bond donors (Lipinski definition) is 2. The first kappa shape index (κ1) is 16.3. The van der Waals surface area contributed by atoms with Crippen molar-refractivity contribution in [1.82, 2.24) is 5.32 Å². The molecule has 0 atom stereocenters. The summed E-state index contributed by atoms with van der Waals surface area (Å²) in [5.74, 6) is 1.40. The molecule has 0 saturated heterocycles. The highest BCUT2D eigenvalue weighted by molar-refractivity contribution is 7.80. The van der Waals surface area contributed by atoms with Gasteiger partial charge in [-0.3, -0.25) is 4.79 Å². The summed E-state index contributed by atoms with van der Waals surface area (Å²) in [5.41, 5.74) is 3.27. The molecular weight excluding hydrogens is 330 g/mol. The number of hydrogen-bond acceptors (Lipinski definition) is 3. The van der Waals surface area contributed by atoms with Gasteiger partial charge in [-0.25, -0.2) is 0 Å². The van der Waals surface area contributed by atoms with Gasteiger partial charge in [0, 0.05) is 34.7 Å². The lowest BCUT2D eigenvalue weighted by molar-refractivity contribution is -0.122. The largest absolute Gasteiger partial charge is 0.460 e. The van der Waals surface area contributed by atoms with Gasteiger partial charge in [0.05, 0.1) is 0 Å². The summed E-state index contributed by atoms with van der Waals surface area (Å²) >= 11 is 4.46. The van der Waals surface area contributed by atoms with E-state index in [0.717, 1.165) is 47.3 Å². The lowest BCUT2D eigenvalue weighted by Gasteiger charge is -2.06. The van der Waals surface area contributed by atoms with Crippen molar-refractivity contribution in [2.75, 3.05) is 6.54 Å². The molecule has 0 aliphatic heterocycles. The van der Waals surface area contributed by atoms with Crippen molar-refractivity contribution < 1.29 is 9.21 Å². The maximum atomic E-state index is 11.9. The number of carbonyl (C=O) groups is 1. The van der Waals surface area contributed by atoms with Crippen LogP contribution in [0.4, 0.5) is 0 Å². The molecule has 0 radical (unpaired) electrons. The van der Waals surface area contributed by atoms with Gasteiger partial charge in [-0.15, -0.1) is 12.6 Å². The smallest absolute Gasteiger partial charge is 0.223 e. The van der Waals surface area contributed by atoms with Crippen molar-refractivity contribution in [2.24, 2.45) is 5.92 Å². The van der Waals surface area contributed by atoms with E-state index in [2.05, 4.69) is 36.1 Å². The molecule has 1 fully saturated rings. The van der Waals surface area contributed by atoms with Crippen LogP contribution in [0.1, 0.15) is 29.7 Å². The van der Waals surface area contributed by atoms with Crippen LogP contribution in [0.5, 0.6) is 0 Å². The molecule has 1 aliphatic rings. The normalized spacial score (nSPS) is 14.0. The number of benzene rings is 2. The second-order valence-corrected chi connectivity index (χ2v) is 7.18. The highest BCUT2D eigenvalue weighted by atomic mass is 32.1. The number of thiol groups is 1. The van der Waals surface area contributed by atoms with Crippen molar-refractivity contribution in [3.8, 4) is 0 Å². The highest BCUT2D eigenvalue weighted by Gasteiger charge is 2.29. The van der Waals surface area contributed by atoms with Crippen LogP contribution in [0.25, 0.3) is 11.0 Å². The third kappa shape index (κ3) is 3.74. The lowest BCUT2D eigenvalue weighted by Crippen LogP contribution is -2.27. The van der Waals surface area contributed by atoms with Crippen LogP contribution in [-0.4, -0.2) is 12.5 Å². The number of amides is 1. The molecule has 3 nitrogen and oxygen atoms in total. The second kappa shape index (κ2) is 6.96. The Morgan fingerprint density at radius 3 is 2.72 bits per heavy atom. The number of rotatable bonds is 6. The summed E-state index contributed by atoms with van der Waals surface area (Å²) in [5, 5.41) is 4.15. The van der Waals surface area contributed by atoms with Crippen LogP contribution in [0.2, 0.25) is 0 Å². The van der Waals surface area contributed by atoms with Gasteiger partial charge < -0.3 is 9.73 Å². The third-order valence-corrected chi connectivity index (χ3v) is 4.97. The summed E-state index contributed by atoms with van der Waals surface area (Å²) in [6, 6.07) is 16.3. The molecule has 3 aromatic rings. The van der Waals surface area contributed by atoms with Crippen molar-refractivity contribution in [3.63, 3.8) is 0 Å². The minimum Gasteiger partial charge on any atom is -0.460 e. The van der Waals surface area contributed by atoms with Gasteiger partial charge in [0.2, 0.25) is 5.91 Å². The summed E-state index contributed by atoms with van der Waals surface area (Å²) in [7, 11) is 0. The molecule has 25 heavy (non-hydrogen) atoms. The SMILES string of the molecule is O=C(NCCc1c(Cc2ccccc2)oc2ccc(S)cc12)C1CC1. The van der Waals surface area contributed by atoms with E-state index in [4.69, 9.17) is 4.42 Å². The maximum absolute atomic E-state index is 11.9. The molecule has 1 saturated carbocycles. The first-order valence-corrected chi connectivity index (χ1v) is 9.20. The minimum atomic E-state index is 0.187. The fourth-order valence-electron chi connectivity index (χ4n) is 3.19. The molecular formula is C21H21NO2S. The van der Waals surface area contributed by atoms with Crippen LogP contribution < -0.4 is 5.32 Å². The van der Waals surface area contributed by atoms with Crippen LogP contribution in [-0.2, 0) is 17.6 Å². The monoisotopic (exact) mass is 351 g/mol. The van der Waals surface area contributed by atoms with Gasteiger partial charge in [-0.1, -0.05) is 30.3 Å². The third-order valence-electron chi connectivity index (χ3n) is 4.69. The zero-order valence-corrected chi connectivity index (χ0v) is 14.9. The quantitative estimate of drug-likeness (QED) is 0.647.